The van der Waals surface area contributed by atoms with E-state index in [1.54, 1.807) is 39.1 Å². The molecule has 3 N–H and O–H groups in total. The molecular weight excluding hydrogens is 1000 g/mol. The van der Waals surface area contributed by atoms with Gasteiger partial charge in [0.2, 0.25) is 33.7 Å². The molecule has 2 aromatic carbocycles. The fourth-order valence-electron chi connectivity index (χ4n) is 9.25. The molecule has 74 heavy (non-hydrogen) atoms. The second-order valence-corrected chi connectivity index (χ2v) is 21.0. The summed E-state index contributed by atoms with van der Waals surface area (Å²) in [7, 11) is -4.00. The van der Waals surface area contributed by atoms with E-state index in [4.69, 9.17) is 19.5 Å². The number of anilines is 2. The van der Waals surface area contributed by atoms with Gasteiger partial charge in [-0.2, -0.15) is 9.57 Å². The SMILES string of the molecule is N#CN1CC[C@@H](C(=O)Nc2nc3c(s2)CN(C(=O)c2cccc(S(=O)(=O)N4CCN(C(=O)Cn5cc(COCCOCCOCCNc6cccc7c6C(=O)N(C6CCC(=O)NC6=O)C7=O)nn5)CC4)c2)CC3)C1. The van der Waals surface area contributed by atoms with Crippen LogP contribution in [0.5, 0.6) is 0 Å². The number of aromatic nitrogens is 4. The quantitative estimate of drug-likeness (QED) is 0.0608. The number of sulfonamides is 1. The average molecular weight is 1060 g/mol. The number of carbonyl (C=O) groups excluding carboxylic acids is 7. The second-order valence-electron chi connectivity index (χ2n) is 18.0. The molecule has 5 aliphatic rings. The minimum atomic E-state index is -4.00. The summed E-state index contributed by atoms with van der Waals surface area (Å²) in [5.74, 6) is -3.37. The molecule has 3 saturated heterocycles. The molecule has 0 aliphatic carbocycles. The number of hydrogen-bond acceptors (Lipinski definition) is 19. The van der Waals surface area contributed by atoms with Crippen LogP contribution in [0.2, 0.25) is 0 Å². The topological polar surface area (TPSA) is 301 Å². The molecule has 2 aromatic heterocycles. The number of thiazole rings is 1. The Labute approximate surface area is 428 Å². The van der Waals surface area contributed by atoms with Crippen molar-refractivity contribution in [2.24, 2.45) is 5.92 Å². The Balaban J connectivity index is 0.639. The highest BCUT2D eigenvalue weighted by atomic mass is 32.2. The molecule has 3 fully saturated rings. The maximum Gasteiger partial charge on any atom is 0.264 e. The van der Waals surface area contributed by atoms with Crippen LogP contribution in [-0.2, 0) is 69.5 Å². The molecular formula is C47H53N13O12S2. The first-order valence-electron chi connectivity index (χ1n) is 24.1. The Hall–Kier alpha value is -7.22. The molecule has 5 aliphatic heterocycles. The number of nitrogens with one attached hydrogen (secondary N) is 3. The van der Waals surface area contributed by atoms with Gasteiger partial charge >= 0.3 is 0 Å². The van der Waals surface area contributed by atoms with E-state index in [9.17, 15) is 42.0 Å². The molecule has 7 heterocycles. The van der Waals surface area contributed by atoms with Gasteiger partial charge in [-0.1, -0.05) is 28.7 Å². The van der Waals surface area contributed by atoms with Gasteiger partial charge in [0.25, 0.3) is 17.7 Å². The summed E-state index contributed by atoms with van der Waals surface area (Å²) in [4.78, 5) is 101. The third-order valence-electron chi connectivity index (χ3n) is 13.2. The number of piperidine rings is 1. The van der Waals surface area contributed by atoms with Crippen LogP contribution in [0, 0.1) is 17.4 Å². The summed E-state index contributed by atoms with van der Waals surface area (Å²) in [6.07, 6.45) is 4.84. The maximum atomic E-state index is 13.8. The largest absolute Gasteiger partial charge is 0.382 e. The number of fused-ring (bicyclic) bond motifs is 2. The van der Waals surface area contributed by atoms with E-state index >= 15 is 0 Å². The van der Waals surface area contributed by atoms with Crippen molar-refractivity contribution < 1.29 is 56.2 Å². The van der Waals surface area contributed by atoms with Crippen molar-refractivity contribution in [3.05, 3.63) is 81.6 Å². The molecule has 1 unspecified atom stereocenters. The number of hydrogen-bond donors (Lipinski definition) is 3. The summed E-state index contributed by atoms with van der Waals surface area (Å²) in [5.41, 5.74) is 2.31. The molecule has 390 valence electrons. The number of carbonyl (C=O) groups is 7. The lowest BCUT2D eigenvalue weighted by Gasteiger charge is -2.34. The van der Waals surface area contributed by atoms with Gasteiger partial charge in [0, 0.05) is 81.3 Å². The highest BCUT2D eigenvalue weighted by molar-refractivity contribution is 7.89. The van der Waals surface area contributed by atoms with Crippen LogP contribution in [0.3, 0.4) is 0 Å². The number of imide groups is 2. The predicted molar refractivity (Wildman–Crippen MR) is 259 cm³/mol. The van der Waals surface area contributed by atoms with E-state index in [0.717, 1.165) is 15.5 Å². The molecule has 0 spiro atoms. The standard InChI is InChI=1S/C47H53N13O12S2/c48-29-55-12-9-31(24-55)42(63)52-47-50-35-10-13-57(26-38(35)73-47)44(65)30-3-1-4-33(23-30)74(68,69)59-16-14-56(15-17-59)40(62)27-58-25-32(53-54-58)28-72-22-21-71-20-19-70-18-11-49-36-6-2-5-34-41(36)46(67)60(45(34)66)37-7-8-39(61)51-43(37)64/h1-6,23,25,31,37,49H,7-22,24,26-28H2,(H,50,52,63)(H,51,61,64)/t31-,37?/m1/s1. The molecule has 7 amide bonds. The van der Waals surface area contributed by atoms with Crippen LogP contribution in [0.25, 0.3) is 0 Å². The third-order valence-corrected chi connectivity index (χ3v) is 16.1. The summed E-state index contributed by atoms with van der Waals surface area (Å²) in [6, 6.07) is 9.74. The van der Waals surface area contributed by atoms with Gasteiger partial charge in [0.15, 0.2) is 11.3 Å². The lowest BCUT2D eigenvalue weighted by Crippen LogP contribution is -2.54. The van der Waals surface area contributed by atoms with Gasteiger partial charge in [-0.25, -0.2) is 18.1 Å². The monoisotopic (exact) mass is 1060 g/mol. The first-order valence-corrected chi connectivity index (χ1v) is 26.3. The number of piperazine rings is 1. The molecule has 0 radical (unpaired) electrons. The van der Waals surface area contributed by atoms with Crippen molar-refractivity contribution >= 4 is 73.5 Å². The van der Waals surface area contributed by atoms with Gasteiger partial charge in [0.1, 0.15) is 18.3 Å². The average Bonchev–Trinajstić information content (AvgIpc) is 4.22. The minimum Gasteiger partial charge on any atom is -0.382 e. The van der Waals surface area contributed by atoms with Crippen molar-refractivity contribution in [2.75, 3.05) is 96.0 Å². The lowest BCUT2D eigenvalue weighted by atomic mass is 10.0. The van der Waals surface area contributed by atoms with Gasteiger partial charge in [-0.3, -0.25) is 43.8 Å². The van der Waals surface area contributed by atoms with Crippen LogP contribution in [-0.4, -0.2) is 185 Å². The van der Waals surface area contributed by atoms with Gasteiger partial charge in [0.05, 0.1) is 80.0 Å². The summed E-state index contributed by atoms with van der Waals surface area (Å²) in [6.45, 7) is 3.71. The zero-order chi connectivity index (χ0) is 51.9. The van der Waals surface area contributed by atoms with E-state index in [1.807, 2.05) is 0 Å². The van der Waals surface area contributed by atoms with E-state index < -0.39 is 39.7 Å². The molecule has 25 nitrogen and oxygen atoms in total. The van der Waals surface area contributed by atoms with Crippen LogP contribution in [0.4, 0.5) is 10.8 Å². The molecule has 27 heteroatoms. The van der Waals surface area contributed by atoms with Crippen molar-refractivity contribution in [3.8, 4) is 6.19 Å². The number of likely N-dealkylation sites (tertiary alicyclic amines) is 1. The fourth-order valence-corrected chi connectivity index (χ4v) is 11.7. The summed E-state index contributed by atoms with van der Waals surface area (Å²) in [5, 5.41) is 25.9. The number of nitrogens with zero attached hydrogens (tertiary/aromatic N) is 10. The molecule has 2 atom stereocenters. The Morgan fingerprint density at radius 3 is 2.42 bits per heavy atom. The van der Waals surface area contributed by atoms with Crippen molar-refractivity contribution in [1.29, 1.82) is 5.26 Å². The number of benzene rings is 2. The van der Waals surface area contributed by atoms with Gasteiger partial charge in [-0.05, 0) is 43.2 Å². The first-order chi connectivity index (χ1) is 35.8. The lowest BCUT2D eigenvalue weighted by molar-refractivity contribution is -0.136. The van der Waals surface area contributed by atoms with Crippen LogP contribution in [0.15, 0.2) is 53.6 Å². The minimum absolute atomic E-state index is 0.0253. The third kappa shape index (κ3) is 11.6. The number of amides is 7. The zero-order valence-corrected chi connectivity index (χ0v) is 41.7. The normalized spacial score (nSPS) is 19.1. The summed E-state index contributed by atoms with van der Waals surface area (Å²) < 4.78 is 47.2. The fraction of sp³-hybridized carbons (Fsp3) is 0.468. The Bertz CT molecular complexity index is 2990. The molecule has 9 rings (SSSR count). The van der Waals surface area contributed by atoms with Gasteiger partial charge in [-0.15, -0.1) is 5.10 Å². The van der Waals surface area contributed by atoms with E-state index in [-0.39, 0.29) is 130 Å². The number of ether oxygens (including phenoxy) is 3. The Kier molecular flexibility index (Phi) is 16.0. The van der Waals surface area contributed by atoms with Gasteiger partial charge < -0.3 is 39.5 Å². The van der Waals surface area contributed by atoms with Crippen LogP contribution < -0.4 is 16.0 Å². The maximum absolute atomic E-state index is 13.8. The highest BCUT2D eigenvalue weighted by Gasteiger charge is 2.45. The van der Waals surface area contributed by atoms with Crippen LogP contribution in [0.1, 0.15) is 66.6 Å². The molecule has 4 aromatic rings. The van der Waals surface area contributed by atoms with E-state index in [2.05, 4.69) is 37.4 Å². The van der Waals surface area contributed by atoms with Crippen molar-refractivity contribution in [1.82, 2.24) is 49.2 Å². The Morgan fingerprint density at radius 2 is 1.65 bits per heavy atom. The highest BCUT2D eigenvalue weighted by Crippen LogP contribution is 2.33. The predicted octanol–water partition coefficient (Wildman–Crippen LogP) is 0.271. The van der Waals surface area contributed by atoms with E-state index in [0.29, 0.717) is 62.1 Å². The number of rotatable bonds is 20. The Morgan fingerprint density at radius 1 is 0.878 bits per heavy atom. The van der Waals surface area contributed by atoms with Crippen LogP contribution >= 0.6 is 11.3 Å². The smallest absolute Gasteiger partial charge is 0.264 e. The zero-order valence-electron chi connectivity index (χ0n) is 40.1. The molecule has 0 saturated carbocycles. The van der Waals surface area contributed by atoms with Crippen molar-refractivity contribution in [2.45, 2.75) is 56.3 Å². The van der Waals surface area contributed by atoms with Crippen molar-refractivity contribution in [3.63, 3.8) is 0 Å². The van der Waals surface area contributed by atoms with E-state index in [1.165, 1.54) is 44.6 Å². The molecule has 0 bridgehead atoms. The summed E-state index contributed by atoms with van der Waals surface area (Å²) >= 11 is 1.30. The first kappa shape index (κ1) is 51.7. The second kappa shape index (κ2) is 22.9. The number of nitriles is 1.